The normalized spacial score (nSPS) is 9.92. The van der Waals surface area contributed by atoms with E-state index < -0.39 is 10.9 Å². The predicted molar refractivity (Wildman–Crippen MR) is 49.1 cm³/mol. The molecule has 0 aliphatic carbocycles. The van der Waals surface area contributed by atoms with Crippen LogP contribution in [0.25, 0.3) is 0 Å². The van der Waals surface area contributed by atoms with E-state index in [1.54, 1.807) is 0 Å². The first-order valence-electron chi connectivity index (χ1n) is 3.31. The quantitative estimate of drug-likeness (QED) is 0.354. The van der Waals surface area contributed by atoms with Crippen LogP contribution >= 0.6 is 0 Å². The van der Waals surface area contributed by atoms with E-state index >= 15 is 0 Å². The van der Waals surface area contributed by atoms with Gasteiger partial charge in [-0.25, -0.2) is 8.42 Å². The molecule has 0 aromatic carbocycles. The van der Waals surface area contributed by atoms with Crippen molar-refractivity contribution in [1.29, 1.82) is 5.26 Å². The zero-order chi connectivity index (χ0) is 10.3. The molecule has 0 atom stereocenters. The first-order valence-corrected chi connectivity index (χ1v) is 4.48. The van der Waals surface area contributed by atoms with Crippen molar-refractivity contribution in [3.05, 3.63) is 12.4 Å². The van der Waals surface area contributed by atoms with Gasteiger partial charge in [-0.2, -0.15) is 10.4 Å². The molecule has 72 valence electrons. The molecule has 0 rings (SSSR count). The van der Waals surface area contributed by atoms with Gasteiger partial charge in [0.25, 0.3) is 0 Å². The van der Waals surface area contributed by atoms with E-state index in [0.717, 1.165) is 0 Å². The molecule has 0 radical (unpaired) electrons. The number of nitriles is 1. The molecule has 7 heteroatoms. The van der Waals surface area contributed by atoms with Crippen molar-refractivity contribution < 1.29 is 8.42 Å². The second-order valence-electron chi connectivity index (χ2n) is 2.00. The fraction of sp³-hybridized carbons (Fsp3) is 0.333. The van der Waals surface area contributed by atoms with E-state index in [0.29, 0.717) is 0 Å². The Morgan fingerprint density at radius 3 is 2.92 bits per heavy atom. The molecule has 0 saturated heterocycles. The molecule has 0 aromatic rings. The van der Waals surface area contributed by atoms with E-state index in [-0.39, 0.29) is 12.2 Å². The number of hydrogen-bond acceptors (Lipinski definition) is 5. The number of hydrazone groups is 1. The lowest BCUT2D eigenvalue weighted by molar-refractivity contribution is 0.431. The molecule has 6 nitrogen and oxygen atoms in total. The highest BCUT2D eigenvalue weighted by atomic mass is 32.2. The maximum atomic E-state index is 10.2. The third-order valence-corrected chi connectivity index (χ3v) is 1.49. The van der Waals surface area contributed by atoms with Crippen LogP contribution in [-0.4, -0.2) is 26.7 Å². The molecular weight excluding hydrogens is 192 g/mol. The van der Waals surface area contributed by atoms with E-state index in [2.05, 4.69) is 16.4 Å². The molecule has 13 heavy (non-hydrogen) atoms. The second-order valence-corrected chi connectivity index (χ2v) is 2.74. The molecule has 0 aliphatic heterocycles. The van der Waals surface area contributed by atoms with Crippen molar-refractivity contribution in [2.24, 2.45) is 5.10 Å². The largest absolute Gasteiger partial charge is 0.270 e. The van der Waals surface area contributed by atoms with Gasteiger partial charge in [0.05, 0.1) is 12.5 Å². The second kappa shape index (κ2) is 6.02. The SMILES string of the molecule is C=C(N[SH](=O)=O)N(C)/N=C/CC#N. The molecule has 0 bridgehead atoms. The molecule has 0 amide bonds. The van der Waals surface area contributed by atoms with E-state index in [1.165, 1.54) is 18.3 Å². The number of nitrogens with one attached hydrogen (secondary N) is 1. The standard InChI is InChI=1S/C6H10N4O2S/c1-6(9-13(11)12)10(2)8-5-3-4-7/h5,13H,1,3H2,2H3,(H,9,11,12)/b8-5+. The Labute approximate surface area is 78.2 Å². The Hall–Kier alpha value is -1.55. The van der Waals surface area contributed by atoms with Crippen LogP contribution in [-0.2, 0) is 10.9 Å². The van der Waals surface area contributed by atoms with Gasteiger partial charge in [0.1, 0.15) is 5.82 Å². The maximum absolute atomic E-state index is 10.2. The molecular formula is C6H10N4O2S. The minimum Gasteiger partial charge on any atom is -0.270 e. The van der Waals surface area contributed by atoms with Gasteiger partial charge in [0.15, 0.2) is 0 Å². The first kappa shape index (κ1) is 11.4. The topological polar surface area (TPSA) is 85.6 Å². The lowest BCUT2D eigenvalue weighted by Crippen LogP contribution is -2.22. The van der Waals surface area contributed by atoms with Crippen molar-refractivity contribution in [2.75, 3.05) is 7.05 Å². The summed E-state index contributed by atoms with van der Waals surface area (Å²) in [5.41, 5.74) is 0. The molecule has 1 N–H and O–H groups in total. The summed E-state index contributed by atoms with van der Waals surface area (Å²) in [5.74, 6) is 0.130. The van der Waals surface area contributed by atoms with Crippen molar-refractivity contribution in [3.8, 4) is 6.07 Å². The van der Waals surface area contributed by atoms with Gasteiger partial charge in [0.2, 0.25) is 10.9 Å². The third kappa shape index (κ3) is 5.69. The summed E-state index contributed by atoms with van der Waals surface area (Å²) in [6.07, 6.45) is 1.52. The van der Waals surface area contributed by atoms with Crippen LogP contribution in [0.15, 0.2) is 17.5 Å². The summed E-state index contributed by atoms with van der Waals surface area (Å²) >= 11 is 0. The van der Waals surface area contributed by atoms with Gasteiger partial charge in [-0.15, -0.1) is 0 Å². The van der Waals surface area contributed by atoms with Gasteiger partial charge in [-0.1, -0.05) is 6.58 Å². The average molecular weight is 202 g/mol. The lowest BCUT2D eigenvalue weighted by Gasteiger charge is -2.13. The summed E-state index contributed by atoms with van der Waals surface area (Å²) in [6.45, 7) is 3.41. The summed E-state index contributed by atoms with van der Waals surface area (Å²) < 4.78 is 22.4. The molecule has 0 aromatic heterocycles. The van der Waals surface area contributed by atoms with Gasteiger partial charge < -0.3 is 0 Å². The Morgan fingerprint density at radius 1 is 1.85 bits per heavy atom. The van der Waals surface area contributed by atoms with Crippen LogP contribution in [0.2, 0.25) is 0 Å². The summed E-state index contributed by atoms with van der Waals surface area (Å²) in [7, 11) is -1.21. The van der Waals surface area contributed by atoms with Gasteiger partial charge in [-0.05, 0) is 0 Å². The molecule has 0 heterocycles. The molecule has 0 aliphatic rings. The van der Waals surface area contributed by atoms with Crippen LogP contribution in [0.4, 0.5) is 0 Å². The minimum absolute atomic E-state index is 0.130. The Kier molecular flexibility index (Phi) is 5.30. The molecule has 0 saturated carbocycles. The lowest BCUT2D eigenvalue weighted by atomic mass is 10.5. The number of nitrogens with zero attached hydrogens (tertiary/aromatic N) is 3. The summed E-state index contributed by atoms with van der Waals surface area (Å²) in [6, 6.07) is 1.86. The van der Waals surface area contributed by atoms with Crippen molar-refractivity contribution in [3.63, 3.8) is 0 Å². The monoisotopic (exact) mass is 202 g/mol. The fourth-order valence-corrected chi connectivity index (χ4v) is 0.807. The number of hydrogen-bond donors (Lipinski definition) is 2. The van der Waals surface area contributed by atoms with Crippen LogP contribution in [0.3, 0.4) is 0 Å². The minimum atomic E-state index is -2.72. The average Bonchev–Trinajstić information content (AvgIpc) is 2.03. The van der Waals surface area contributed by atoms with Crippen molar-refractivity contribution in [1.82, 2.24) is 9.73 Å². The van der Waals surface area contributed by atoms with Crippen molar-refractivity contribution in [2.45, 2.75) is 6.42 Å². The highest BCUT2D eigenvalue weighted by molar-refractivity contribution is 7.70. The molecule has 0 fully saturated rings. The number of thiol groups is 1. The molecule has 0 spiro atoms. The highest BCUT2D eigenvalue weighted by Gasteiger charge is 1.97. The summed E-state index contributed by atoms with van der Waals surface area (Å²) in [5, 5.41) is 13.1. The maximum Gasteiger partial charge on any atom is 0.223 e. The van der Waals surface area contributed by atoms with Crippen molar-refractivity contribution >= 4 is 17.1 Å². The van der Waals surface area contributed by atoms with Gasteiger partial charge in [-0.3, -0.25) is 9.73 Å². The Morgan fingerprint density at radius 2 is 2.46 bits per heavy atom. The van der Waals surface area contributed by atoms with E-state index in [1.807, 2.05) is 6.07 Å². The Bertz CT molecular complexity index is 307. The van der Waals surface area contributed by atoms with E-state index in [4.69, 9.17) is 5.26 Å². The van der Waals surface area contributed by atoms with E-state index in [9.17, 15) is 8.42 Å². The van der Waals surface area contributed by atoms with Gasteiger partial charge >= 0.3 is 0 Å². The first-order chi connectivity index (χ1) is 6.07. The van der Waals surface area contributed by atoms with Crippen LogP contribution in [0.5, 0.6) is 0 Å². The zero-order valence-electron chi connectivity index (χ0n) is 7.10. The van der Waals surface area contributed by atoms with Crippen LogP contribution < -0.4 is 4.72 Å². The highest BCUT2D eigenvalue weighted by Crippen LogP contribution is 1.92. The summed E-state index contributed by atoms with van der Waals surface area (Å²) in [4.78, 5) is 0. The zero-order valence-corrected chi connectivity index (χ0v) is 7.99. The molecule has 0 unspecified atom stereocenters. The predicted octanol–water partition coefficient (Wildman–Crippen LogP) is -0.595. The number of rotatable bonds is 5. The smallest absolute Gasteiger partial charge is 0.223 e. The third-order valence-electron chi connectivity index (χ3n) is 1.05. The van der Waals surface area contributed by atoms with Crippen LogP contribution in [0.1, 0.15) is 6.42 Å². The Balaban J connectivity index is 4.04. The fourth-order valence-electron chi connectivity index (χ4n) is 0.452. The van der Waals surface area contributed by atoms with Gasteiger partial charge in [0, 0.05) is 13.3 Å². The van der Waals surface area contributed by atoms with Crippen LogP contribution in [0, 0.1) is 11.3 Å².